The molecular formula is C22H15Cl2N5O3. The number of aromatic amines is 1. The van der Waals surface area contributed by atoms with Gasteiger partial charge in [-0.3, -0.25) is 14.6 Å². The Morgan fingerprint density at radius 3 is 2.59 bits per heavy atom. The van der Waals surface area contributed by atoms with Crippen LogP contribution < -0.4 is 11.0 Å². The molecule has 1 atom stereocenters. The number of nitrogens with zero attached hydrogens (tertiary/aromatic N) is 3. The van der Waals surface area contributed by atoms with Crippen molar-refractivity contribution in [1.82, 2.24) is 20.4 Å². The molecule has 0 aliphatic rings. The molecule has 160 valence electrons. The number of amides is 1. The minimum Gasteiger partial charge on any atom is -0.382 e. The van der Waals surface area contributed by atoms with Crippen molar-refractivity contribution < 1.29 is 9.90 Å². The van der Waals surface area contributed by atoms with Crippen LogP contribution in [0.1, 0.15) is 27.7 Å². The van der Waals surface area contributed by atoms with E-state index in [1.165, 1.54) is 24.5 Å². The van der Waals surface area contributed by atoms with Gasteiger partial charge in [-0.25, -0.2) is 10.4 Å². The van der Waals surface area contributed by atoms with Crippen molar-refractivity contribution in [2.24, 2.45) is 5.10 Å². The van der Waals surface area contributed by atoms with Gasteiger partial charge in [-0.2, -0.15) is 5.10 Å². The number of aromatic nitrogens is 3. The van der Waals surface area contributed by atoms with E-state index in [2.05, 4.69) is 25.5 Å². The predicted octanol–water partition coefficient (Wildman–Crippen LogP) is 3.49. The Bertz CT molecular complexity index is 1390. The molecule has 1 amide bonds. The lowest BCUT2D eigenvalue weighted by atomic mass is 10.0. The molecule has 4 aromatic rings. The maximum absolute atomic E-state index is 12.8. The summed E-state index contributed by atoms with van der Waals surface area (Å²) >= 11 is 12.2. The molecular weight excluding hydrogens is 453 g/mol. The number of benzene rings is 2. The van der Waals surface area contributed by atoms with Crippen molar-refractivity contribution in [3.63, 3.8) is 0 Å². The maximum atomic E-state index is 12.8. The molecule has 0 saturated carbocycles. The van der Waals surface area contributed by atoms with Crippen LogP contribution >= 0.6 is 23.2 Å². The average molecular weight is 468 g/mol. The highest BCUT2D eigenvalue weighted by Crippen LogP contribution is 2.25. The van der Waals surface area contributed by atoms with Crippen molar-refractivity contribution in [1.29, 1.82) is 0 Å². The highest BCUT2D eigenvalue weighted by molar-refractivity contribution is 6.32. The second-order valence-corrected chi connectivity index (χ2v) is 7.52. The number of carbonyl (C=O) groups excluding carboxylic acids is 1. The lowest BCUT2D eigenvalue weighted by Gasteiger charge is -2.15. The number of hydrogen-bond donors (Lipinski definition) is 3. The molecule has 2 heterocycles. The highest BCUT2D eigenvalue weighted by atomic mass is 35.5. The molecule has 10 heteroatoms. The molecule has 0 radical (unpaired) electrons. The molecule has 0 aliphatic carbocycles. The topological polar surface area (TPSA) is 120 Å². The Kier molecular flexibility index (Phi) is 6.27. The Morgan fingerprint density at radius 2 is 1.84 bits per heavy atom. The Labute approximate surface area is 191 Å². The van der Waals surface area contributed by atoms with Crippen LogP contribution in [0.25, 0.3) is 11.0 Å². The first-order chi connectivity index (χ1) is 15.4. The fourth-order valence-corrected chi connectivity index (χ4v) is 3.41. The number of carbonyl (C=O) groups is 1. The number of aliphatic hydroxyl groups excluding tert-OH is 1. The summed E-state index contributed by atoms with van der Waals surface area (Å²) in [6, 6.07) is 14.3. The quantitative estimate of drug-likeness (QED) is 0.306. The second kappa shape index (κ2) is 9.27. The van der Waals surface area contributed by atoms with Gasteiger partial charge >= 0.3 is 0 Å². The van der Waals surface area contributed by atoms with E-state index in [9.17, 15) is 14.7 Å². The summed E-state index contributed by atoms with van der Waals surface area (Å²) in [5.74, 6) is -0.555. The molecule has 2 aromatic heterocycles. The molecule has 2 aromatic carbocycles. The lowest BCUT2D eigenvalue weighted by molar-refractivity contribution is 0.0954. The van der Waals surface area contributed by atoms with E-state index in [0.29, 0.717) is 27.2 Å². The zero-order valence-electron chi connectivity index (χ0n) is 16.3. The minimum absolute atomic E-state index is 0.178. The molecule has 0 saturated heterocycles. The van der Waals surface area contributed by atoms with Gasteiger partial charge in [0.2, 0.25) is 0 Å². The number of nitrogens with one attached hydrogen (secondary N) is 2. The summed E-state index contributed by atoms with van der Waals surface area (Å²) in [5, 5.41) is 15.8. The van der Waals surface area contributed by atoms with Crippen LogP contribution in [0, 0.1) is 0 Å². The smallest absolute Gasteiger partial charge is 0.276 e. The van der Waals surface area contributed by atoms with E-state index in [-0.39, 0.29) is 16.4 Å². The van der Waals surface area contributed by atoms with Gasteiger partial charge in [0, 0.05) is 33.6 Å². The number of fused-ring (bicyclic) bond motifs is 1. The molecule has 0 unspecified atom stereocenters. The second-order valence-electron chi connectivity index (χ2n) is 6.67. The van der Waals surface area contributed by atoms with Crippen molar-refractivity contribution in [3.05, 3.63) is 104 Å². The third kappa shape index (κ3) is 4.52. The third-order valence-corrected chi connectivity index (χ3v) is 5.16. The van der Waals surface area contributed by atoms with Crippen LogP contribution in [-0.2, 0) is 0 Å². The van der Waals surface area contributed by atoms with Gasteiger partial charge in [0.25, 0.3) is 11.5 Å². The standard InChI is InChI=1S/C22H15Cl2N5O3/c23-13-5-6-16-17(11-13)27-22(32)19(26-16)18(20(30)14-3-1-2-4-15(14)24)28-29-21(31)12-7-9-25-10-8-12/h1-11,20,30H,(H,27,32)(H,29,31)/b28-18+/t20-/m1/s1. The molecule has 4 rings (SSSR count). The number of hydrazone groups is 1. The monoisotopic (exact) mass is 467 g/mol. The van der Waals surface area contributed by atoms with Crippen LogP contribution in [0.15, 0.2) is 76.9 Å². The summed E-state index contributed by atoms with van der Waals surface area (Å²) in [6.45, 7) is 0. The fraction of sp³-hybridized carbons (Fsp3) is 0.0455. The molecule has 0 spiro atoms. The van der Waals surface area contributed by atoms with Crippen LogP contribution in [0.4, 0.5) is 0 Å². The summed E-state index contributed by atoms with van der Waals surface area (Å²) < 4.78 is 0. The summed E-state index contributed by atoms with van der Waals surface area (Å²) in [6.07, 6.45) is 1.47. The predicted molar refractivity (Wildman–Crippen MR) is 122 cm³/mol. The first-order valence-electron chi connectivity index (χ1n) is 9.34. The van der Waals surface area contributed by atoms with Crippen LogP contribution in [-0.4, -0.2) is 31.7 Å². The van der Waals surface area contributed by atoms with Gasteiger partial charge in [-0.15, -0.1) is 0 Å². The first-order valence-corrected chi connectivity index (χ1v) is 10.1. The SMILES string of the molecule is O=C(N/N=C(\c1nc2ccc(Cl)cc2[nH]c1=O)[C@H](O)c1ccccc1Cl)c1ccncc1. The summed E-state index contributed by atoms with van der Waals surface area (Å²) in [7, 11) is 0. The minimum atomic E-state index is -1.44. The number of halogens is 2. The molecule has 0 aliphatic heterocycles. The number of rotatable bonds is 5. The number of H-pyrrole nitrogens is 1. The Morgan fingerprint density at radius 1 is 1.09 bits per heavy atom. The van der Waals surface area contributed by atoms with Gasteiger partial charge in [0.05, 0.1) is 11.0 Å². The van der Waals surface area contributed by atoms with Gasteiger partial charge in [0.15, 0.2) is 5.69 Å². The zero-order chi connectivity index (χ0) is 22.7. The zero-order valence-corrected chi connectivity index (χ0v) is 17.8. The Hall–Kier alpha value is -3.59. The highest BCUT2D eigenvalue weighted by Gasteiger charge is 2.24. The van der Waals surface area contributed by atoms with Gasteiger partial charge in [-0.05, 0) is 36.4 Å². The normalized spacial score (nSPS) is 12.5. The van der Waals surface area contributed by atoms with E-state index < -0.39 is 17.6 Å². The van der Waals surface area contributed by atoms with Gasteiger partial charge < -0.3 is 10.1 Å². The lowest BCUT2D eigenvalue weighted by Crippen LogP contribution is -2.29. The number of aliphatic hydroxyl groups is 1. The maximum Gasteiger partial charge on any atom is 0.276 e. The van der Waals surface area contributed by atoms with Crippen molar-refractivity contribution in [2.45, 2.75) is 6.10 Å². The van der Waals surface area contributed by atoms with Gasteiger partial charge in [0.1, 0.15) is 11.8 Å². The van der Waals surface area contributed by atoms with Crippen molar-refractivity contribution >= 4 is 45.9 Å². The Balaban J connectivity index is 1.82. The number of pyridine rings is 1. The van der Waals surface area contributed by atoms with Crippen molar-refractivity contribution in [3.8, 4) is 0 Å². The van der Waals surface area contributed by atoms with E-state index in [0.717, 1.165) is 0 Å². The van der Waals surface area contributed by atoms with E-state index in [1.807, 2.05) is 0 Å². The third-order valence-electron chi connectivity index (χ3n) is 4.58. The first kappa shape index (κ1) is 21.6. The molecule has 3 N–H and O–H groups in total. The average Bonchev–Trinajstić information content (AvgIpc) is 2.80. The van der Waals surface area contributed by atoms with E-state index >= 15 is 0 Å². The van der Waals surface area contributed by atoms with E-state index in [1.54, 1.807) is 42.5 Å². The molecule has 32 heavy (non-hydrogen) atoms. The largest absolute Gasteiger partial charge is 0.382 e. The molecule has 0 bridgehead atoms. The molecule has 8 nitrogen and oxygen atoms in total. The van der Waals surface area contributed by atoms with Gasteiger partial charge in [-0.1, -0.05) is 41.4 Å². The number of hydrogen-bond acceptors (Lipinski definition) is 6. The van der Waals surface area contributed by atoms with E-state index in [4.69, 9.17) is 23.2 Å². The van der Waals surface area contributed by atoms with Crippen LogP contribution in [0.2, 0.25) is 10.0 Å². The van der Waals surface area contributed by atoms with Crippen molar-refractivity contribution in [2.75, 3.05) is 0 Å². The molecule has 0 fully saturated rings. The summed E-state index contributed by atoms with van der Waals surface area (Å²) in [4.78, 5) is 36.2. The fourth-order valence-electron chi connectivity index (χ4n) is 3.00. The van der Waals surface area contributed by atoms with Crippen LogP contribution in [0.5, 0.6) is 0 Å². The van der Waals surface area contributed by atoms with Crippen LogP contribution in [0.3, 0.4) is 0 Å². The summed E-state index contributed by atoms with van der Waals surface area (Å²) in [5.41, 5.74) is 2.80.